The molecular weight excluding hydrogens is 472 g/mol. The van der Waals surface area contributed by atoms with Crippen LogP contribution in [0.15, 0.2) is 42.5 Å². The second kappa shape index (κ2) is 10.7. The molecule has 2 aliphatic heterocycles. The number of rotatable bonds is 11. The van der Waals surface area contributed by atoms with Gasteiger partial charge in [0, 0.05) is 23.1 Å². The molecule has 204 valence electrons. The lowest BCUT2D eigenvalue weighted by atomic mass is 9.51. The van der Waals surface area contributed by atoms with Crippen molar-refractivity contribution in [3.63, 3.8) is 0 Å². The Kier molecular flexibility index (Phi) is 7.26. The molecule has 1 saturated heterocycles. The van der Waals surface area contributed by atoms with Gasteiger partial charge in [-0.05, 0) is 95.1 Å². The Bertz CT molecular complexity index is 1150. The Morgan fingerprint density at radius 3 is 2.71 bits per heavy atom. The zero-order valence-corrected chi connectivity index (χ0v) is 23.5. The lowest BCUT2D eigenvalue weighted by molar-refractivity contribution is -0.123. The van der Waals surface area contributed by atoms with E-state index in [-0.39, 0.29) is 17.3 Å². The summed E-state index contributed by atoms with van der Waals surface area (Å²) in [6.07, 6.45) is 10.9. The lowest BCUT2D eigenvalue weighted by Crippen LogP contribution is -2.68. The van der Waals surface area contributed by atoms with E-state index >= 15 is 0 Å². The van der Waals surface area contributed by atoms with Crippen LogP contribution in [-0.2, 0) is 23.1 Å². The number of nitrogens with zero attached hydrogens (tertiary/aromatic N) is 2. The van der Waals surface area contributed by atoms with Gasteiger partial charge in [-0.25, -0.2) is 0 Å². The Morgan fingerprint density at radius 2 is 1.92 bits per heavy atom. The molecule has 2 fully saturated rings. The number of likely N-dealkylation sites (N-methyl/N-ethyl adjacent to an activating group) is 1. The summed E-state index contributed by atoms with van der Waals surface area (Å²) >= 11 is 0. The number of ketones is 1. The SMILES string of the molecule is COc1ccc2c3c1O[C@H]1[C@H](N(C)CCCCCCc4ccccc4)CC[C@H]4[C@@H](C2)N(CC(C)=O)CC[C@@]341. The number of carbonyl (C=O) groups excluding carboxylic acids is 1. The smallest absolute Gasteiger partial charge is 0.165 e. The second-order valence-corrected chi connectivity index (χ2v) is 12.3. The molecule has 2 bridgehead atoms. The monoisotopic (exact) mass is 516 g/mol. The van der Waals surface area contributed by atoms with Crippen LogP contribution in [0, 0.1) is 5.92 Å². The van der Waals surface area contributed by atoms with Gasteiger partial charge in [0.2, 0.25) is 0 Å². The van der Waals surface area contributed by atoms with Crippen molar-refractivity contribution in [3.05, 3.63) is 59.2 Å². The Balaban J connectivity index is 1.16. The van der Waals surface area contributed by atoms with Crippen molar-refractivity contribution in [2.75, 3.05) is 33.8 Å². The van der Waals surface area contributed by atoms with Gasteiger partial charge in [0.1, 0.15) is 11.9 Å². The maximum atomic E-state index is 12.1. The number of Topliss-reactive ketones (excluding diaryl/α,β-unsaturated/α-hetero) is 1. The number of hydrogen-bond donors (Lipinski definition) is 0. The number of hydrogen-bond acceptors (Lipinski definition) is 5. The van der Waals surface area contributed by atoms with Crippen molar-refractivity contribution in [3.8, 4) is 11.5 Å². The number of methoxy groups -OCH3 is 1. The zero-order chi connectivity index (χ0) is 26.3. The summed E-state index contributed by atoms with van der Waals surface area (Å²) in [7, 11) is 4.09. The standard InChI is InChI=1S/C33H44N2O3/c1-23(36)22-35-20-18-33-26-15-16-27(34(2)19-10-5-4-7-11-24-12-8-6-9-13-24)32(33)38-31-29(37-3)17-14-25(30(31)33)21-28(26)35/h6,8-9,12-14,17,26-28,32H,4-5,7,10-11,15-16,18-22H2,1-3H3/t26-,27+,28+,32-,33-/m0/s1. The average Bonchev–Trinajstić information content (AvgIpc) is 3.27. The van der Waals surface area contributed by atoms with Crippen molar-refractivity contribution in [2.24, 2.45) is 5.92 Å². The minimum absolute atomic E-state index is 0.0439. The molecule has 4 aliphatic rings. The maximum Gasteiger partial charge on any atom is 0.165 e. The van der Waals surface area contributed by atoms with Crippen LogP contribution in [0.4, 0.5) is 0 Å². The lowest BCUT2D eigenvalue weighted by Gasteiger charge is -2.60. The predicted octanol–water partition coefficient (Wildman–Crippen LogP) is 5.43. The van der Waals surface area contributed by atoms with Gasteiger partial charge in [-0.15, -0.1) is 0 Å². The van der Waals surface area contributed by atoms with Crippen molar-refractivity contribution in [1.29, 1.82) is 0 Å². The normalized spacial score (nSPS) is 29.2. The van der Waals surface area contributed by atoms with Crippen molar-refractivity contribution in [2.45, 2.75) is 88.3 Å². The molecule has 5 atom stereocenters. The minimum atomic E-state index is 0.0439. The van der Waals surface area contributed by atoms with E-state index in [0.717, 1.165) is 43.9 Å². The molecule has 0 aromatic heterocycles. The van der Waals surface area contributed by atoms with E-state index in [2.05, 4.69) is 59.3 Å². The molecule has 2 aliphatic carbocycles. The van der Waals surface area contributed by atoms with Gasteiger partial charge in [-0.2, -0.15) is 0 Å². The van der Waals surface area contributed by atoms with E-state index in [9.17, 15) is 4.79 Å². The molecule has 38 heavy (non-hydrogen) atoms. The highest BCUT2D eigenvalue weighted by Crippen LogP contribution is 2.64. The molecule has 0 unspecified atom stereocenters. The Hall–Kier alpha value is -2.37. The molecule has 0 amide bonds. The summed E-state index contributed by atoms with van der Waals surface area (Å²) in [6.45, 7) is 4.42. The molecule has 5 nitrogen and oxygen atoms in total. The van der Waals surface area contributed by atoms with Crippen LogP contribution in [0.2, 0.25) is 0 Å². The molecular formula is C33H44N2O3. The summed E-state index contributed by atoms with van der Waals surface area (Å²) in [5, 5.41) is 0. The Morgan fingerprint density at radius 1 is 1.11 bits per heavy atom. The fourth-order valence-electron chi connectivity index (χ4n) is 8.54. The fourth-order valence-corrected chi connectivity index (χ4v) is 8.54. The van der Waals surface area contributed by atoms with Crippen LogP contribution in [0.5, 0.6) is 11.5 Å². The third-order valence-corrected chi connectivity index (χ3v) is 10.2. The van der Waals surface area contributed by atoms with Gasteiger partial charge in [-0.1, -0.05) is 49.2 Å². The molecule has 2 aromatic rings. The Labute approximate surface area is 228 Å². The molecule has 1 saturated carbocycles. The number of ether oxygens (including phenoxy) is 2. The van der Waals surface area contributed by atoms with Gasteiger partial charge >= 0.3 is 0 Å². The molecule has 5 heteroatoms. The maximum absolute atomic E-state index is 12.1. The van der Waals surface area contributed by atoms with E-state index in [1.165, 1.54) is 55.2 Å². The number of carbonyl (C=O) groups is 1. The van der Waals surface area contributed by atoms with Crippen molar-refractivity contribution >= 4 is 5.78 Å². The molecule has 2 heterocycles. The number of likely N-dealkylation sites (tertiary alicyclic amines) is 1. The summed E-state index contributed by atoms with van der Waals surface area (Å²) < 4.78 is 12.8. The highest BCUT2D eigenvalue weighted by atomic mass is 16.5. The van der Waals surface area contributed by atoms with Crippen LogP contribution >= 0.6 is 0 Å². The van der Waals surface area contributed by atoms with Crippen molar-refractivity contribution < 1.29 is 14.3 Å². The minimum Gasteiger partial charge on any atom is -0.493 e. The first-order valence-corrected chi connectivity index (χ1v) is 14.9. The molecule has 0 N–H and O–H groups in total. The number of aryl methyl sites for hydroxylation is 1. The first-order chi connectivity index (χ1) is 18.5. The molecule has 0 radical (unpaired) electrons. The molecule has 6 rings (SSSR count). The summed E-state index contributed by atoms with van der Waals surface area (Å²) in [6, 6.07) is 16.1. The third kappa shape index (κ3) is 4.36. The van der Waals surface area contributed by atoms with Gasteiger partial charge in [0.15, 0.2) is 11.5 Å². The van der Waals surface area contributed by atoms with Crippen molar-refractivity contribution in [1.82, 2.24) is 9.80 Å². The van der Waals surface area contributed by atoms with Gasteiger partial charge in [0.05, 0.1) is 13.7 Å². The summed E-state index contributed by atoms with van der Waals surface area (Å²) in [5.74, 6) is 2.72. The van der Waals surface area contributed by atoms with E-state index in [0.29, 0.717) is 24.5 Å². The highest BCUT2D eigenvalue weighted by molar-refractivity contribution is 5.77. The van der Waals surface area contributed by atoms with E-state index in [1.807, 2.05) is 0 Å². The van der Waals surface area contributed by atoms with E-state index in [4.69, 9.17) is 9.47 Å². The summed E-state index contributed by atoms with van der Waals surface area (Å²) in [4.78, 5) is 17.2. The van der Waals surface area contributed by atoms with Gasteiger partial charge < -0.3 is 9.47 Å². The first-order valence-electron chi connectivity index (χ1n) is 14.9. The topological polar surface area (TPSA) is 42.0 Å². The zero-order valence-electron chi connectivity index (χ0n) is 23.5. The molecule has 1 spiro atoms. The van der Waals surface area contributed by atoms with Crippen LogP contribution in [0.3, 0.4) is 0 Å². The van der Waals surface area contributed by atoms with Gasteiger partial charge in [0.25, 0.3) is 0 Å². The molecule has 2 aromatic carbocycles. The van der Waals surface area contributed by atoms with Crippen LogP contribution in [-0.4, -0.2) is 67.6 Å². The van der Waals surface area contributed by atoms with Crippen LogP contribution < -0.4 is 9.47 Å². The first kappa shape index (κ1) is 25.9. The summed E-state index contributed by atoms with van der Waals surface area (Å²) in [5.41, 5.74) is 4.36. The quantitative estimate of drug-likeness (QED) is 0.373. The number of piperidine rings is 1. The number of unbranched alkanes of at least 4 members (excludes halogenated alkanes) is 3. The fraction of sp³-hybridized carbons (Fsp3) is 0.606. The van der Waals surface area contributed by atoms with E-state index < -0.39 is 0 Å². The van der Waals surface area contributed by atoms with Gasteiger partial charge in [-0.3, -0.25) is 14.6 Å². The average molecular weight is 517 g/mol. The van der Waals surface area contributed by atoms with Crippen LogP contribution in [0.25, 0.3) is 0 Å². The predicted molar refractivity (Wildman–Crippen MR) is 151 cm³/mol. The van der Waals surface area contributed by atoms with E-state index in [1.54, 1.807) is 14.0 Å². The highest BCUT2D eigenvalue weighted by Gasteiger charge is 2.66. The number of benzene rings is 2. The van der Waals surface area contributed by atoms with Crippen LogP contribution in [0.1, 0.15) is 68.6 Å². The largest absolute Gasteiger partial charge is 0.493 e. The third-order valence-electron chi connectivity index (χ3n) is 10.2. The second-order valence-electron chi connectivity index (χ2n) is 12.3.